The molecule has 3 nitrogen and oxygen atoms in total. The van der Waals surface area contributed by atoms with Crippen molar-refractivity contribution < 1.29 is 4.42 Å². The monoisotopic (exact) mass is 902 g/mol. The molecule has 0 aliphatic carbocycles. The molecule has 0 fully saturated rings. The number of hydrogen-bond acceptors (Lipinski definition) is 2. The quantitative estimate of drug-likeness (QED) is 0.161. The lowest BCUT2D eigenvalue weighted by Crippen LogP contribution is -2.56. The highest BCUT2D eigenvalue weighted by Gasteiger charge is 2.44. The van der Waals surface area contributed by atoms with Crippen molar-refractivity contribution in [1.82, 2.24) is 4.48 Å². The second-order valence-electron chi connectivity index (χ2n) is 20.7. The Morgan fingerprint density at radius 1 is 0.414 bits per heavy atom. The fraction of sp³-hybridized carbons (Fsp3) is 0.152. The molecule has 2 aromatic heterocycles. The Bertz CT molecular complexity index is 4000. The van der Waals surface area contributed by atoms with Gasteiger partial charge in [0.1, 0.15) is 5.58 Å². The molecule has 0 atom stereocenters. The molecular formula is C66H55BN2O. The second-order valence-corrected chi connectivity index (χ2v) is 20.7. The molecule has 13 rings (SSSR count). The summed E-state index contributed by atoms with van der Waals surface area (Å²) in [7, 11) is 0. The predicted octanol–water partition coefficient (Wildman–Crippen LogP) is 16.7. The predicted molar refractivity (Wildman–Crippen MR) is 299 cm³/mol. The van der Waals surface area contributed by atoms with E-state index in [1.807, 2.05) is 6.26 Å². The Labute approximate surface area is 411 Å². The number of anilines is 3. The van der Waals surface area contributed by atoms with Crippen LogP contribution < -0.4 is 15.8 Å². The topological polar surface area (TPSA) is 21.3 Å². The Morgan fingerprint density at radius 2 is 0.957 bits per heavy atom. The Kier molecular flexibility index (Phi) is 9.27. The standard InChI is InChI=1S/C66H55BN2O/c1-36-26-42(7)61(43(8)27-36)47-21-23-56-52(31-47)53-32-50(62-44(9)28-37(2)29-45(62)10)33-54-63-64-58(35-49-24-25-70-66(49)63)68(51-19-13-18-46(30-51)59-38(3)14-11-15-39(59)4)57-34-48(60-40(5)16-12-17-41(60)6)20-22-55(57)67(64)69(56)65(53)54/h11-35H,1-10H3. The van der Waals surface area contributed by atoms with E-state index in [9.17, 15) is 0 Å². The Morgan fingerprint density at radius 3 is 1.60 bits per heavy atom. The average Bonchev–Trinajstić information content (AvgIpc) is 3.92. The third-order valence-electron chi connectivity index (χ3n) is 15.8. The van der Waals surface area contributed by atoms with E-state index in [-0.39, 0.29) is 6.85 Å². The summed E-state index contributed by atoms with van der Waals surface area (Å²) in [6.45, 7) is 22.3. The van der Waals surface area contributed by atoms with E-state index in [4.69, 9.17) is 4.42 Å². The van der Waals surface area contributed by atoms with Gasteiger partial charge in [0.2, 0.25) is 0 Å². The van der Waals surface area contributed by atoms with Gasteiger partial charge in [0.05, 0.1) is 6.26 Å². The van der Waals surface area contributed by atoms with Crippen molar-refractivity contribution in [2.45, 2.75) is 69.2 Å². The van der Waals surface area contributed by atoms with Gasteiger partial charge >= 0.3 is 6.85 Å². The number of furan rings is 1. The molecule has 4 heterocycles. The third kappa shape index (κ3) is 6.08. The van der Waals surface area contributed by atoms with Gasteiger partial charge in [-0.05, 0) is 224 Å². The summed E-state index contributed by atoms with van der Waals surface area (Å²) in [5.41, 5.74) is 34.8. The van der Waals surface area contributed by atoms with E-state index in [0.717, 1.165) is 16.7 Å². The molecule has 0 unspecified atom stereocenters. The van der Waals surface area contributed by atoms with E-state index in [2.05, 4.69) is 224 Å². The lowest BCUT2D eigenvalue weighted by molar-refractivity contribution is 0.617. The first-order valence-corrected chi connectivity index (χ1v) is 24.8. The SMILES string of the molecule is Cc1cc(C)c(-c2ccc3c(c2)c2cc(-c4c(C)cc(C)cc4C)cc4c2n3B2c3ccc(-c5c(C)cccc5C)cc3N(c3cccc(-c5c(C)cccc5C)c3)c3cc5ccoc5c-4c32)c(C)c1. The van der Waals surface area contributed by atoms with Crippen molar-refractivity contribution >= 4 is 67.6 Å². The molecule has 0 radical (unpaired) electrons. The first-order valence-electron chi connectivity index (χ1n) is 24.8. The fourth-order valence-electron chi connectivity index (χ4n) is 13.3. The first-order chi connectivity index (χ1) is 33.8. The normalized spacial score (nSPS) is 12.7. The largest absolute Gasteiger partial charge is 0.464 e. The molecule has 0 amide bonds. The molecule has 0 spiro atoms. The molecule has 70 heavy (non-hydrogen) atoms. The Hall–Kier alpha value is -7.82. The van der Waals surface area contributed by atoms with Gasteiger partial charge in [-0.3, -0.25) is 0 Å². The molecule has 9 aromatic carbocycles. The number of fused-ring (bicyclic) bond motifs is 9. The molecule has 2 aliphatic rings. The van der Waals surface area contributed by atoms with E-state index < -0.39 is 0 Å². The van der Waals surface area contributed by atoms with Crippen molar-refractivity contribution in [1.29, 1.82) is 0 Å². The van der Waals surface area contributed by atoms with Gasteiger partial charge < -0.3 is 13.8 Å². The minimum atomic E-state index is -0.144. The summed E-state index contributed by atoms with van der Waals surface area (Å²) in [4.78, 5) is 2.57. The average molecular weight is 903 g/mol. The molecule has 0 saturated carbocycles. The maximum Gasteiger partial charge on any atom is 0.333 e. The molecule has 11 aromatic rings. The summed E-state index contributed by atoms with van der Waals surface area (Å²) in [5, 5.41) is 3.62. The maximum absolute atomic E-state index is 6.74. The summed E-state index contributed by atoms with van der Waals surface area (Å²) < 4.78 is 9.43. The zero-order valence-electron chi connectivity index (χ0n) is 41.8. The smallest absolute Gasteiger partial charge is 0.333 e. The minimum absolute atomic E-state index is 0.144. The highest BCUT2D eigenvalue weighted by molar-refractivity contribution is 6.90. The molecule has 0 saturated heterocycles. The van der Waals surface area contributed by atoms with Gasteiger partial charge in [0.15, 0.2) is 0 Å². The first kappa shape index (κ1) is 42.3. The van der Waals surface area contributed by atoms with Crippen LogP contribution in [-0.2, 0) is 0 Å². The number of hydrogen-bond donors (Lipinski definition) is 0. The van der Waals surface area contributed by atoms with Crippen LogP contribution in [-0.4, -0.2) is 11.3 Å². The highest BCUT2D eigenvalue weighted by Crippen LogP contribution is 2.51. The summed E-state index contributed by atoms with van der Waals surface area (Å²) >= 11 is 0. The van der Waals surface area contributed by atoms with Crippen LogP contribution in [0.5, 0.6) is 0 Å². The molecular weight excluding hydrogens is 848 g/mol. The summed E-state index contributed by atoms with van der Waals surface area (Å²) in [6, 6.07) is 55.9. The lowest BCUT2D eigenvalue weighted by atomic mass is 9.45. The van der Waals surface area contributed by atoms with Crippen LogP contribution in [0, 0.1) is 69.2 Å². The lowest BCUT2D eigenvalue weighted by Gasteiger charge is -2.41. The zero-order valence-corrected chi connectivity index (χ0v) is 41.8. The van der Waals surface area contributed by atoms with Crippen molar-refractivity contribution in [2.24, 2.45) is 0 Å². The zero-order chi connectivity index (χ0) is 48.0. The van der Waals surface area contributed by atoms with Gasteiger partial charge in [0.25, 0.3) is 0 Å². The highest BCUT2D eigenvalue weighted by atomic mass is 16.3. The van der Waals surface area contributed by atoms with E-state index >= 15 is 0 Å². The minimum Gasteiger partial charge on any atom is -0.464 e. The van der Waals surface area contributed by atoms with Gasteiger partial charge in [-0.1, -0.05) is 102 Å². The van der Waals surface area contributed by atoms with Gasteiger partial charge in [-0.25, -0.2) is 0 Å². The number of rotatable bonds is 5. The molecule has 2 aliphatic heterocycles. The van der Waals surface area contributed by atoms with E-state index in [1.165, 1.54) is 155 Å². The van der Waals surface area contributed by atoms with Crippen molar-refractivity contribution in [3.05, 3.63) is 207 Å². The Balaban J connectivity index is 1.18. The number of aryl methyl sites for hydroxylation is 10. The molecule has 338 valence electrons. The van der Waals surface area contributed by atoms with Crippen LogP contribution in [0.4, 0.5) is 17.1 Å². The van der Waals surface area contributed by atoms with Gasteiger partial charge in [0, 0.05) is 55.4 Å². The van der Waals surface area contributed by atoms with Gasteiger partial charge in [-0.15, -0.1) is 0 Å². The maximum atomic E-state index is 6.74. The summed E-state index contributed by atoms with van der Waals surface area (Å²) in [6.07, 6.45) is 1.89. The van der Waals surface area contributed by atoms with Crippen LogP contribution in [0.1, 0.15) is 55.6 Å². The van der Waals surface area contributed by atoms with Crippen LogP contribution in [0.3, 0.4) is 0 Å². The van der Waals surface area contributed by atoms with Crippen molar-refractivity contribution in [3.8, 4) is 55.6 Å². The van der Waals surface area contributed by atoms with E-state index in [0.29, 0.717) is 0 Å². The number of benzene rings is 9. The molecule has 0 N–H and O–H groups in total. The van der Waals surface area contributed by atoms with Crippen LogP contribution >= 0.6 is 0 Å². The van der Waals surface area contributed by atoms with E-state index in [1.54, 1.807) is 0 Å². The van der Waals surface area contributed by atoms with Crippen molar-refractivity contribution in [2.75, 3.05) is 4.90 Å². The fourth-order valence-corrected chi connectivity index (χ4v) is 13.3. The molecule has 4 heteroatoms. The molecule has 0 bridgehead atoms. The summed E-state index contributed by atoms with van der Waals surface area (Å²) in [5.74, 6) is 0. The van der Waals surface area contributed by atoms with Crippen LogP contribution in [0.25, 0.3) is 88.4 Å². The van der Waals surface area contributed by atoms with Crippen LogP contribution in [0.15, 0.2) is 156 Å². The van der Waals surface area contributed by atoms with Crippen molar-refractivity contribution in [3.63, 3.8) is 0 Å². The third-order valence-corrected chi connectivity index (χ3v) is 15.8. The number of nitrogens with zero attached hydrogens (tertiary/aromatic N) is 2. The van der Waals surface area contributed by atoms with Crippen LogP contribution in [0.2, 0.25) is 0 Å². The second kappa shape index (κ2) is 15.3. The number of aromatic nitrogens is 1. The van der Waals surface area contributed by atoms with Gasteiger partial charge in [-0.2, -0.15) is 0 Å².